The van der Waals surface area contributed by atoms with Crippen molar-refractivity contribution in [1.82, 2.24) is 4.90 Å². The number of nitrogens with two attached hydrogens (primary N) is 1. The minimum atomic E-state index is 0.417. The molecule has 13 heavy (non-hydrogen) atoms. The second kappa shape index (κ2) is 3.94. The van der Waals surface area contributed by atoms with Gasteiger partial charge >= 0.3 is 0 Å². The van der Waals surface area contributed by atoms with E-state index in [1.807, 2.05) is 12.3 Å². The topological polar surface area (TPSA) is 42.4 Å². The van der Waals surface area contributed by atoms with Crippen molar-refractivity contribution in [3.05, 3.63) is 24.2 Å². The van der Waals surface area contributed by atoms with E-state index in [-0.39, 0.29) is 0 Å². The number of hydrogen-bond donors (Lipinski definition) is 1. The Hall–Kier alpha value is -0.800. The predicted molar refractivity (Wildman–Crippen MR) is 51.2 cm³/mol. The van der Waals surface area contributed by atoms with Crippen molar-refractivity contribution in [1.29, 1.82) is 0 Å². The molecule has 0 aromatic carbocycles. The lowest BCUT2D eigenvalue weighted by molar-refractivity contribution is 0.205. The molecule has 1 aromatic heterocycles. The predicted octanol–water partition coefficient (Wildman–Crippen LogP) is 1.20. The molecule has 0 amide bonds. The zero-order valence-corrected chi connectivity index (χ0v) is 7.78. The third-order valence-electron chi connectivity index (χ3n) is 2.62. The van der Waals surface area contributed by atoms with Crippen LogP contribution in [0, 0.1) is 0 Å². The Labute approximate surface area is 78.5 Å². The van der Waals surface area contributed by atoms with Gasteiger partial charge in [-0.1, -0.05) is 0 Å². The molecule has 0 bridgehead atoms. The molecule has 2 N–H and O–H groups in total. The van der Waals surface area contributed by atoms with Gasteiger partial charge in [-0.15, -0.1) is 0 Å². The third kappa shape index (κ3) is 2.32. The van der Waals surface area contributed by atoms with Gasteiger partial charge in [0.2, 0.25) is 0 Å². The zero-order chi connectivity index (χ0) is 9.10. The van der Waals surface area contributed by atoms with E-state index in [1.54, 1.807) is 6.26 Å². The summed E-state index contributed by atoms with van der Waals surface area (Å²) in [5.74, 6) is 0. The average Bonchev–Trinajstić information content (AvgIpc) is 2.62. The van der Waals surface area contributed by atoms with E-state index in [1.165, 1.54) is 5.56 Å². The van der Waals surface area contributed by atoms with Crippen LogP contribution in [-0.4, -0.2) is 24.0 Å². The van der Waals surface area contributed by atoms with Crippen molar-refractivity contribution in [2.45, 2.75) is 25.4 Å². The molecule has 1 fully saturated rings. The lowest BCUT2D eigenvalue weighted by Crippen LogP contribution is -2.39. The summed E-state index contributed by atoms with van der Waals surface area (Å²) in [5.41, 5.74) is 7.08. The molecule has 0 unspecified atom stereocenters. The minimum Gasteiger partial charge on any atom is -0.472 e. The van der Waals surface area contributed by atoms with Crippen molar-refractivity contribution >= 4 is 0 Å². The molecule has 1 aliphatic heterocycles. The van der Waals surface area contributed by atoms with Gasteiger partial charge in [0.15, 0.2) is 0 Å². The van der Waals surface area contributed by atoms with Gasteiger partial charge in [-0.2, -0.15) is 0 Å². The molecule has 0 aliphatic carbocycles. The molecule has 0 saturated carbocycles. The van der Waals surface area contributed by atoms with E-state index < -0.39 is 0 Å². The number of hydrogen-bond acceptors (Lipinski definition) is 3. The molecule has 3 nitrogen and oxygen atoms in total. The van der Waals surface area contributed by atoms with E-state index in [9.17, 15) is 0 Å². The second-order valence-electron chi connectivity index (χ2n) is 3.75. The molecular formula is C10H16N2O. The first-order valence-electron chi connectivity index (χ1n) is 4.83. The normalized spacial score (nSPS) is 20.7. The highest BCUT2D eigenvalue weighted by Gasteiger charge is 2.15. The Balaban J connectivity index is 1.83. The van der Waals surface area contributed by atoms with Crippen LogP contribution in [-0.2, 0) is 6.54 Å². The van der Waals surface area contributed by atoms with Gasteiger partial charge < -0.3 is 10.2 Å². The summed E-state index contributed by atoms with van der Waals surface area (Å²) in [6, 6.07) is 2.44. The summed E-state index contributed by atoms with van der Waals surface area (Å²) in [4.78, 5) is 2.42. The summed E-state index contributed by atoms with van der Waals surface area (Å²) < 4.78 is 5.03. The van der Waals surface area contributed by atoms with Gasteiger partial charge in [0.05, 0.1) is 12.5 Å². The summed E-state index contributed by atoms with van der Waals surface area (Å²) in [6.07, 6.45) is 5.79. The van der Waals surface area contributed by atoms with Gasteiger partial charge in [-0.25, -0.2) is 0 Å². The molecule has 0 radical (unpaired) electrons. The number of rotatable bonds is 2. The SMILES string of the molecule is NC1CCN(Cc2ccoc2)CC1. The second-order valence-corrected chi connectivity index (χ2v) is 3.75. The molecule has 72 valence electrons. The molecular weight excluding hydrogens is 164 g/mol. The van der Waals surface area contributed by atoms with Crippen LogP contribution in [0.5, 0.6) is 0 Å². The molecule has 0 atom stereocenters. The number of likely N-dealkylation sites (tertiary alicyclic amines) is 1. The number of furan rings is 1. The van der Waals surface area contributed by atoms with E-state index >= 15 is 0 Å². The van der Waals surface area contributed by atoms with Crippen LogP contribution in [0.2, 0.25) is 0 Å². The number of nitrogens with zero attached hydrogens (tertiary/aromatic N) is 1. The molecule has 0 spiro atoms. The number of piperidine rings is 1. The fourth-order valence-corrected chi connectivity index (χ4v) is 1.75. The summed E-state index contributed by atoms with van der Waals surface area (Å²) in [6.45, 7) is 3.24. The first-order valence-corrected chi connectivity index (χ1v) is 4.83. The van der Waals surface area contributed by atoms with Crippen molar-refractivity contribution in [2.24, 2.45) is 5.73 Å². The third-order valence-corrected chi connectivity index (χ3v) is 2.62. The van der Waals surface area contributed by atoms with Crippen molar-refractivity contribution < 1.29 is 4.42 Å². The maximum Gasteiger partial charge on any atom is 0.0947 e. The first kappa shape index (κ1) is 8.78. The Morgan fingerprint density at radius 3 is 2.85 bits per heavy atom. The molecule has 3 heteroatoms. The van der Waals surface area contributed by atoms with Gasteiger partial charge in [-0.3, -0.25) is 4.90 Å². The Kier molecular flexibility index (Phi) is 2.66. The van der Waals surface area contributed by atoms with Crippen LogP contribution in [0.15, 0.2) is 23.0 Å². The maximum absolute atomic E-state index is 5.83. The fraction of sp³-hybridized carbons (Fsp3) is 0.600. The highest BCUT2D eigenvalue weighted by Crippen LogP contribution is 2.12. The van der Waals surface area contributed by atoms with Crippen LogP contribution in [0.4, 0.5) is 0 Å². The van der Waals surface area contributed by atoms with E-state index in [2.05, 4.69) is 4.90 Å². The molecule has 2 rings (SSSR count). The van der Waals surface area contributed by atoms with Crippen LogP contribution in [0.3, 0.4) is 0 Å². The van der Waals surface area contributed by atoms with Crippen molar-refractivity contribution in [3.63, 3.8) is 0 Å². The van der Waals surface area contributed by atoms with E-state index in [0.29, 0.717) is 6.04 Å². The monoisotopic (exact) mass is 180 g/mol. The molecule has 1 aliphatic rings. The minimum absolute atomic E-state index is 0.417. The maximum atomic E-state index is 5.83. The fourth-order valence-electron chi connectivity index (χ4n) is 1.75. The molecule has 1 saturated heterocycles. The van der Waals surface area contributed by atoms with Crippen LogP contribution >= 0.6 is 0 Å². The quantitative estimate of drug-likeness (QED) is 0.743. The lowest BCUT2D eigenvalue weighted by atomic mass is 10.1. The van der Waals surface area contributed by atoms with Crippen molar-refractivity contribution in [2.75, 3.05) is 13.1 Å². The summed E-state index contributed by atoms with van der Waals surface area (Å²) in [5, 5.41) is 0. The van der Waals surface area contributed by atoms with Gasteiger partial charge in [0.1, 0.15) is 0 Å². The Morgan fingerprint density at radius 1 is 1.46 bits per heavy atom. The van der Waals surface area contributed by atoms with Gasteiger partial charge in [0.25, 0.3) is 0 Å². The zero-order valence-electron chi connectivity index (χ0n) is 7.78. The molecule has 1 aromatic rings. The lowest BCUT2D eigenvalue weighted by Gasteiger charge is -2.29. The summed E-state index contributed by atoms with van der Waals surface area (Å²) in [7, 11) is 0. The average molecular weight is 180 g/mol. The Morgan fingerprint density at radius 2 is 2.23 bits per heavy atom. The van der Waals surface area contributed by atoms with Gasteiger partial charge in [0, 0.05) is 18.2 Å². The first-order chi connectivity index (χ1) is 6.34. The largest absolute Gasteiger partial charge is 0.472 e. The summed E-state index contributed by atoms with van der Waals surface area (Å²) >= 11 is 0. The van der Waals surface area contributed by atoms with E-state index in [0.717, 1.165) is 32.5 Å². The molecule has 2 heterocycles. The smallest absolute Gasteiger partial charge is 0.0947 e. The van der Waals surface area contributed by atoms with E-state index in [4.69, 9.17) is 10.2 Å². The van der Waals surface area contributed by atoms with Crippen LogP contribution < -0.4 is 5.73 Å². The van der Waals surface area contributed by atoms with Crippen LogP contribution in [0.25, 0.3) is 0 Å². The van der Waals surface area contributed by atoms with Gasteiger partial charge in [-0.05, 0) is 32.0 Å². The highest BCUT2D eigenvalue weighted by molar-refractivity contribution is 5.05. The van der Waals surface area contributed by atoms with Crippen molar-refractivity contribution in [3.8, 4) is 0 Å². The standard InChI is InChI=1S/C10H16N2O/c11-10-1-4-12(5-2-10)7-9-3-6-13-8-9/h3,6,8,10H,1-2,4-5,7,11H2. The Bertz CT molecular complexity index is 237. The highest BCUT2D eigenvalue weighted by atomic mass is 16.3. The van der Waals surface area contributed by atoms with Crippen LogP contribution in [0.1, 0.15) is 18.4 Å².